The van der Waals surface area contributed by atoms with Crippen LogP contribution in [0.1, 0.15) is 12.0 Å². The van der Waals surface area contributed by atoms with Crippen LogP contribution < -0.4 is 4.74 Å². The third kappa shape index (κ3) is 4.67. The molecule has 0 aliphatic heterocycles. The van der Waals surface area contributed by atoms with Gasteiger partial charge in [-0.1, -0.05) is 18.2 Å². The first-order valence-electron chi connectivity index (χ1n) is 6.80. The molecule has 1 aliphatic rings. The second-order valence-electron chi connectivity index (χ2n) is 4.76. The van der Waals surface area contributed by atoms with E-state index >= 15 is 0 Å². The van der Waals surface area contributed by atoms with E-state index in [0.717, 1.165) is 11.3 Å². The molecule has 0 N–H and O–H groups in total. The topological polar surface area (TPSA) is 54.0 Å². The fourth-order valence-corrected chi connectivity index (χ4v) is 2.06. The fourth-order valence-electron chi connectivity index (χ4n) is 2.06. The lowest BCUT2D eigenvalue weighted by Crippen LogP contribution is -2.32. The number of methoxy groups -OCH3 is 2. The number of carbonyl (C=O) groups is 1. The van der Waals surface area contributed by atoms with E-state index in [1.54, 1.807) is 13.2 Å². The summed E-state index contributed by atoms with van der Waals surface area (Å²) in [6.07, 6.45) is 3.18. The number of rotatable bonds is 7. The molecule has 5 heteroatoms. The number of carbonyl (C=O) groups excluding carboxylic acids is 1. The van der Waals surface area contributed by atoms with Gasteiger partial charge in [0.05, 0.1) is 19.8 Å². The Balaban J connectivity index is 1.84. The van der Waals surface area contributed by atoms with E-state index in [0.29, 0.717) is 13.0 Å². The second kappa shape index (κ2) is 7.93. The van der Waals surface area contributed by atoms with Crippen LogP contribution in [0.3, 0.4) is 0 Å². The van der Waals surface area contributed by atoms with Gasteiger partial charge in [-0.05, 0) is 23.8 Å². The zero-order valence-electron chi connectivity index (χ0n) is 12.3. The normalized spacial score (nSPS) is 21.5. The van der Waals surface area contributed by atoms with E-state index in [9.17, 15) is 4.79 Å². The van der Waals surface area contributed by atoms with Crippen molar-refractivity contribution in [1.82, 2.24) is 0 Å². The molecule has 114 valence electrons. The highest BCUT2D eigenvalue weighted by Gasteiger charge is 2.25. The average Bonchev–Trinajstić information content (AvgIpc) is 2.53. The molecule has 1 aromatic rings. The smallest absolute Gasteiger partial charge is 0.184 e. The van der Waals surface area contributed by atoms with Gasteiger partial charge in [0.15, 0.2) is 5.78 Å². The Morgan fingerprint density at radius 3 is 2.57 bits per heavy atom. The Labute approximate surface area is 124 Å². The maximum absolute atomic E-state index is 11.7. The minimum absolute atomic E-state index is 0.0450. The average molecular weight is 292 g/mol. The molecule has 2 rings (SSSR count). The zero-order valence-corrected chi connectivity index (χ0v) is 12.3. The number of ketones is 1. The van der Waals surface area contributed by atoms with E-state index in [1.165, 1.54) is 13.2 Å². The summed E-state index contributed by atoms with van der Waals surface area (Å²) in [5.41, 5.74) is 1.05. The Kier molecular flexibility index (Phi) is 5.92. The minimum Gasteiger partial charge on any atom is -0.497 e. The largest absolute Gasteiger partial charge is 0.497 e. The summed E-state index contributed by atoms with van der Waals surface area (Å²) >= 11 is 0. The molecule has 0 bridgehead atoms. The van der Waals surface area contributed by atoms with Crippen molar-refractivity contribution in [3.8, 4) is 5.75 Å². The Morgan fingerprint density at radius 1 is 1.14 bits per heavy atom. The lowest BCUT2D eigenvalue weighted by Gasteiger charge is -2.23. The summed E-state index contributed by atoms with van der Waals surface area (Å²) < 4.78 is 21.1. The summed E-state index contributed by atoms with van der Waals surface area (Å²) in [7, 11) is 3.16. The molecule has 5 nitrogen and oxygen atoms in total. The molecule has 0 spiro atoms. The van der Waals surface area contributed by atoms with Crippen LogP contribution in [0.5, 0.6) is 5.75 Å². The van der Waals surface area contributed by atoms with Crippen molar-refractivity contribution >= 4 is 5.78 Å². The summed E-state index contributed by atoms with van der Waals surface area (Å²) in [5, 5.41) is 0. The highest BCUT2D eigenvalue weighted by molar-refractivity contribution is 5.94. The zero-order chi connectivity index (χ0) is 15.1. The lowest BCUT2D eigenvalue weighted by molar-refractivity contribution is -0.140. The predicted molar refractivity (Wildman–Crippen MR) is 77.1 cm³/mol. The molecule has 0 radical (unpaired) electrons. The van der Waals surface area contributed by atoms with Crippen molar-refractivity contribution in [2.75, 3.05) is 21.0 Å². The molecule has 0 fully saturated rings. The van der Waals surface area contributed by atoms with Crippen LogP contribution in [-0.2, 0) is 25.6 Å². The molecule has 1 aromatic carbocycles. The number of ether oxygens (including phenoxy) is 4. The molecule has 0 saturated heterocycles. The molecular formula is C16H20O5. The van der Waals surface area contributed by atoms with Crippen LogP contribution in [0.4, 0.5) is 0 Å². The van der Waals surface area contributed by atoms with Crippen LogP contribution in [0.25, 0.3) is 0 Å². The van der Waals surface area contributed by atoms with Gasteiger partial charge in [0, 0.05) is 13.5 Å². The van der Waals surface area contributed by atoms with Crippen molar-refractivity contribution < 1.29 is 23.7 Å². The molecule has 0 aromatic heterocycles. The summed E-state index contributed by atoms with van der Waals surface area (Å²) in [6.45, 7) is 0.583. The van der Waals surface area contributed by atoms with Crippen LogP contribution in [0, 0.1) is 0 Å². The molecule has 0 amide bonds. The van der Waals surface area contributed by atoms with Crippen LogP contribution in [0.15, 0.2) is 36.4 Å². The molecule has 0 saturated carbocycles. The number of hydrogen-bond acceptors (Lipinski definition) is 5. The number of hydrogen-bond donors (Lipinski definition) is 0. The Bertz CT molecular complexity index is 480. The summed E-state index contributed by atoms with van der Waals surface area (Å²) in [4.78, 5) is 11.7. The van der Waals surface area contributed by atoms with Crippen molar-refractivity contribution in [2.24, 2.45) is 0 Å². The van der Waals surface area contributed by atoms with Crippen LogP contribution >= 0.6 is 0 Å². The van der Waals surface area contributed by atoms with Crippen molar-refractivity contribution in [2.45, 2.75) is 25.2 Å². The predicted octanol–water partition coefficient (Wildman–Crippen LogP) is 2.10. The highest BCUT2D eigenvalue weighted by atomic mass is 16.7. The quantitative estimate of drug-likeness (QED) is 0.720. The van der Waals surface area contributed by atoms with E-state index < -0.39 is 6.10 Å². The standard InChI is InChI=1S/C16H20O5/c1-18-11-21-16-9-14(7-8-15(16)17)20-10-12-3-5-13(19-2)6-4-12/h3-8,14,16H,9-11H2,1-2H3/t14-,16+/m1/s1. The Morgan fingerprint density at radius 2 is 1.90 bits per heavy atom. The van der Waals surface area contributed by atoms with Gasteiger partial charge in [0.25, 0.3) is 0 Å². The second-order valence-corrected chi connectivity index (χ2v) is 4.76. The first-order chi connectivity index (χ1) is 10.2. The van der Waals surface area contributed by atoms with Gasteiger partial charge in [-0.3, -0.25) is 4.79 Å². The summed E-state index contributed by atoms with van der Waals surface area (Å²) in [5.74, 6) is 0.770. The highest BCUT2D eigenvalue weighted by Crippen LogP contribution is 2.18. The third-order valence-electron chi connectivity index (χ3n) is 3.25. The first-order valence-corrected chi connectivity index (χ1v) is 6.80. The molecule has 0 heterocycles. The SMILES string of the molecule is COCO[C@H]1C[C@H](OCc2ccc(OC)cc2)C=CC1=O. The number of benzene rings is 1. The van der Waals surface area contributed by atoms with Gasteiger partial charge in [0.2, 0.25) is 0 Å². The lowest BCUT2D eigenvalue weighted by atomic mass is 10.0. The molecule has 0 unspecified atom stereocenters. The van der Waals surface area contributed by atoms with E-state index in [4.69, 9.17) is 18.9 Å². The van der Waals surface area contributed by atoms with Gasteiger partial charge in [-0.15, -0.1) is 0 Å². The van der Waals surface area contributed by atoms with Gasteiger partial charge in [-0.2, -0.15) is 0 Å². The van der Waals surface area contributed by atoms with Crippen molar-refractivity contribution in [3.63, 3.8) is 0 Å². The maximum atomic E-state index is 11.7. The monoisotopic (exact) mass is 292 g/mol. The minimum atomic E-state index is -0.490. The fraction of sp³-hybridized carbons (Fsp3) is 0.438. The summed E-state index contributed by atoms with van der Waals surface area (Å²) in [6, 6.07) is 7.69. The first kappa shape index (κ1) is 15.7. The van der Waals surface area contributed by atoms with E-state index in [2.05, 4.69) is 0 Å². The van der Waals surface area contributed by atoms with Crippen molar-refractivity contribution in [1.29, 1.82) is 0 Å². The molecule has 21 heavy (non-hydrogen) atoms. The van der Waals surface area contributed by atoms with Crippen molar-refractivity contribution in [3.05, 3.63) is 42.0 Å². The third-order valence-corrected chi connectivity index (χ3v) is 3.25. The molecule has 2 atom stereocenters. The van der Waals surface area contributed by atoms with Crippen LogP contribution in [0.2, 0.25) is 0 Å². The van der Waals surface area contributed by atoms with E-state index in [1.807, 2.05) is 24.3 Å². The van der Waals surface area contributed by atoms with E-state index in [-0.39, 0.29) is 18.7 Å². The maximum Gasteiger partial charge on any atom is 0.184 e. The molecule has 1 aliphatic carbocycles. The van der Waals surface area contributed by atoms with Gasteiger partial charge < -0.3 is 18.9 Å². The van der Waals surface area contributed by atoms with Gasteiger partial charge in [-0.25, -0.2) is 0 Å². The van der Waals surface area contributed by atoms with Crippen LogP contribution in [-0.4, -0.2) is 39.0 Å². The molecular weight excluding hydrogens is 272 g/mol. The van der Waals surface area contributed by atoms with Gasteiger partial charge in [0.1, 0.15) is 18.6 Å². The Hall–Kier alpha value is -1.69. The van der Waals surface area contributed by atoms with Gasteiger partial charge >= 0.3 is 0 Å².